The third-order valence-electron chi connectivity index (χ3n) is 1.96. The summed E-state index contributed by atoms with van der Waals surface area (Å²) in [5.74, 6) is 0. The van der Waals surface area contributed by atoms with Crippen molar-refractivity contribution in [1.82, 2.24) is 0 Å². The van der Waals surface area contributed by atoms with Crippen LogP contribution in [-0.2, 0) is 0 Å². The van der Waals surface area contributed by atoms with Crippen LogP contribution in [0.2, 0.25) is 5.02 Å². The van der Waals surface area contributed by atoms with Gasteiger partial charge in [0.15, 0.2) is 6.29 Å². The van der Waals surface area contributed by atoms with Crippen LogP contribution in [0.15, 0.2) is 23.1 Å². The van der Waals surface area contributed by atoms with E-state index in [1.165, 1.54) is 11.3 Å². The van der Waals surface area contributed by atoms with Crippen LogP contribution in [0.1, 0.15) is 9.67 Å². The Kier molecular flexibility index (Phi) is 2.81. The van der Waals surface area contributed by atoms with Crippen molar-refractivity contribution in [2.75, 3.05) is 6.26 Å². The number of hydrogen-bond donors (Lipinski definition) is 0. The summed E-state index contributed by atoms with van der Waals surface area (Å²) in [7, 11) is 0. The molecule has 4 heteroatoms. The topological polar surface area (TPSA) is 17.1 Å². The average Bonchev–Trinajstić information content (AvgIpc) is 2.57. The van der Waals surface area contributed by atoms with E-state index in [1.807, 2.05) is 24.5 Å². The van der Waals surface area contributed by atoms with Crippen molar-refractivity contribution in [2.45, 2.75) is 4.90 Å². The molecular weight excluding hydrogens is 236 g/mol. The Balaban J connectivity index is 2.86. The first kappa shape index (κ1) is 10.0. The quantitative estimate of drug-likeness (QED) is 0.583. The molecule has 0 radical (unpaired) electrons. The van der Waals surface area contributed by atoms with Gasteiger partial charge >= 0.3 is 0 Å². The maximum Gasteiger partial charge on any atom is 0.161 e. The van der Waals surface area contributed by atoms with Crippen molar-refractivity contribution in [3.05, 3.63) is 28.1 Å². The van der Waals surface area contributed by atoms with E-state index in [1.54, 1.807) is 11.8 Å². The number of benzene rings is 1. The monoisotopic (exact) mass is 242 g/mol. The molecule has 14 heavy (non-hydrogen) atoms. The number of aldehydes is 1. The highest BCUT2D eigenvalue weighted by Crippen LogP contribution is 2.39. The van der Waals surface area contributed by atoms with E-state index in [0.717, 1.165) is 31.2 Å². The van der Waals surface area contributed by atoms with Crippen molar-refractivity contribution in [1.29, 1.82) is 0 Å². The van der Waals surface area contributed by atoms with Gasteiger partial charge in [-0.1, -0.05) is 23.7 Å². The highest BCUT2D eigenvalue weighted by Gasteiger charge is 2.12. The summed E-state index contributed by atoms with van der Waals surface area (Å²) in [6.45, 7) is 0. The maximum absolute atomic E-state index is 10.8. The number of carbonyl (C=O) groups is 1. The molecule has 1 nitrogen and oxygen atoms in total. The predicted octanol–water partition coefficient (Wildman–Crippen LogP) is 4.09. The van der Waals surface area contributed by atoms with Crippen LogP contribution in [-0.4, -0.2) is 12.5 Å². The molecule has 0 aliphatic heterocycles. The van der Waals surface area contributed by atoms with Gasteiger partial charge in [-0.2, -0.15) is 0 Å². The first-order valence-electron chi connectivity index (χ1n) is 3.98. The Bertz CT molecular complexity index is 490. The number of halogens is 1. The number of hydrogen-bond acceptors (Lipinski definition) is 3. The van der Waals surface area contributed by atoms with Crippen LogP contribution in [0.25, 0.3) is 10.1 Å². The highest BCUT2D eigenvalue weighted by molar-refractivity contribution is 7.99. The molecule has 0 amide bonds. The summed E-state index contributed by atoms with van der Waals surface area (Å²) in [6.07, 6.45) is 2.86. The van der Waals surface area contributed by atoms with Crippen LogP contribution < -0.4 is 0 Å². The van der Waals surface area contributed by atoms with E-state index >= 15 is 0 Å². The SMILES string of the molecule is CSc1c(C=O)sc2c(Cl)cccc12. The summed E-state index contributed by atoms with van der Waals surface area (Å²) >= 11 is 9.08. The Labute approximate surface area is 95.1 Å². The van der Waals surface area contributed by atoms with Crippen molar-refractivity contribution in [3.63, 3.8) is 0 Å². The lowest BCUT2D eigenvalue weighted by molar-refractivity contribution is 0.112. The third-order valence-corrected chi connectivity index (χ3v) is 4.53. The summed E-state index contributed by atoms with van der Waals surface area (Å²) in [6, 6.07) is 5.75. The summed E-state index contributed by atoms with van der Waals surface area (Å²) in [5.41, 5.74) is 0. The van der Waals surface area contributed by atoms with Gasteiger partial charge < -0.3 is 0 Å². The minimum absolute atomic E-state index is 0.718. The van der Waals surface area contributed by atoms with Gasteiger partial charge in [-0.15, -0.1) is 23.1 Å². The standard InChI is InChI=1S/C10H7ClOS2/c1-13-10-6-3-2-4-7(11)9(6)14-8(10)5-12/h2-5H,1H3. The van der Waals surface area contributed by atoms with Gasteiger partial charge in [0.25, 0.3) is 0 Å². The molecule has 0 atom stereocenters. The smallest absolute Gasteiger partial charge is 0.161 e. The molecule has 0 bridgehead atoms. The molecule has 1 aromatic carbocycles. The van der Waals surface area contributed by atoms with Crippen molar-refractivity contribution in [2.24, 2.45) is 0 Å². The van der Waals surface area contributed by atoms with Gasteiger partial charge in [0.1, 0.15) is 0 Å². The van der Waals surface area contributed by atoms with Gasteiger partial charge in [-0.05, 0) is 12.3 Å². The molecule has 1 aromatic heterocycles. The van der Waals surface area contributed by atoms with Crippen molar-refractivity contribution in [3.8, 4) is 0 Å². The summed E-state index contributed by atoms with van der Waals surface area (Å²) < 4.78 is 1.00. The molecule has 2 aromatic rings. The van der Waals surface area contributed by atoms with Gasteiger partial charge in [0, 0.05) is 10.3 Å². The van der Waals surface area contributed by atoms with Crippen LogP contribution >= 0.6 is 34.7 Å². The zero-order valence-corrected chi connectivity index (χ0v) is 9.80. The lowest BCUT2D eigenvalue weighted by Crippen LogP contribution is -1.74. The van der Waals surface area contributed by atoms with Crippen LogP contribution in [0.3, 0.4) is 0 Å². The first-order chi connectivity index (χ1) is 6.77. The zero-order valence-electron chi connectivity index (χ0n) is 7.41. The lowest BCUT2D eigenvalue weighted by Gasteiger charge is -1.94. The number of fused-ring (bicyclic) bond motifs is 1. The Morgan fingerprint density at radius 1 is 1.50 bits per heavy atom. The predicted molar refractivity (Wildman–Crippen MR) is 64.0 cm³/mol. The van der Waals surface area contributed by atoms with E-state index in [2.05, 4.69) is 0 Å². The summed E-state index contributed by atoms with van der Waals surface area (Å²) in [5, 5.41) is 1.80. The molecular formula is C10H7ClOS2. The second kappa shape index (κ2) is 3.93. The Morgan fingerprint density at radius 3 is 2.93 bits per heavy atom. The molecule has 0 N–H and O–H groups in total. The minimum Gasteiger partial charge on any atom is -0.297 e. The number of rotatable bonds is 2. The van der Waals surface area contributed by atoms with Gasteiger partial charge in [-0.25, -0.2) is 0 Å². The van der Waals surface area contributed by atoms with Crippen LogP contribution in [0.4, 0.5) is 0 Å². The van der Waals surface area contributed by atoms with Gasteiger partial charge in [0.2, 0.25) is 0 Å². The maximum atomic E-state index is 10.8. The lowest BCUT2D eigenvalue weighted by atomic mass is 10.2. The average molecular weight is 243 g/mol. The molecule has 72 valence electrons. The van der Waals surface area contributed by atoms with E-state index < -0.39 is 0 Å². The van der Waals surface area contributed by atoms with Crippen molar-refractivity contribution >= 4 is 51.1 Å². The van der Waals surface area contributed by atoms with Crippen LogP contribution in [0.5, 0.6) is 0 Å². The second-order valence-corrected chi connectivity index (χ2v) is 5.01. The Morgan fingerprint density at radius 2 is 2.29 bits per heavy atom. The third kappa shape index (κ3) is 1.45. The fourth-order valence-electron chi connectivity index (χ4n) is 1.37. The fourth-order valence-corrected chi connectivity index (χ4v) is 3.65. The Hall–Kier alpha value is -0.510. The van der Waals surface area contributed by atoms with E-state index in [9.17, 15) is 4.79 Å². The minimum atomic E-state index is 0.718. The van der Waals surface area contributed by atoms with E-state index in [4.69, 9.17) is 11.6 Å². The van der Waals surface area contributed by atoms with Gasteiger partial charge in [-0.3, -0.25) is 4.79 Å². The molecule has 0 saturated heterocycles. The van der Waals surface area contributed by atoms with E-state index in [-0.39, 0.29) is 0 Å². The number of carbonyl (C=O) groups excluding carboxylic acids is 1. The molecule has 2 rings (SSSR count). The number of thiophene rings is 1. The first-order valence-corrected chi connectivity index (χ1v) is 6.40. The zero-order chi connectivity index (χ0) is 10.1. The van der Waals surface area contributed by atoms with Crippen LogP contribution in [0, 0.1) is 0 Å². The molecule has 0 unspecified atom stereocenters. The fraction of sp³-hybridized carbons (Fsp3) is 0.100. The molecule has 0 aliphatic rings. The molecule has 0 fully saturated rings. The highest BCUT2D eigenvalue weighted by atomic mass is 35.5. The van der Waals surface area contributed by atoms with Gasteiger partial charge in [0.05, 0.1) is 14.6 Å². The molecule has 0 aliphatic carbocycles. The van der Waals surface area contributed by atoms with E-state index in [0.29, 0.717) is 0 Å². The largest absolute Gasteiger partial charge is 0.297 e. The normalized spacial score (nSPS) is 10.7. The van der Waals surface area contributed by atoms with Crippen molar-refractivity contribution < 1.29 is 4.79 Å². The molecule has 0 spiro atoms. The second-order valence-electron chi connectivity index (χ2n) is 2.73. The summed E-state index contributed by atoms with van der Waals surface area (Å²) in [4.78, 5) is 12.6. The molecule has 0 saturated carbocycles. The molecule has 1 heterocycles. The number of thioether (sulfide) groups is 1.